The molecule has 100 valence electrons. The number of hydrogen-bond donors (Lipinski definition) is 0. The number of hydrogen-bond acceptors (Lipinski definition) is 3. The van der Waals surface area contributed by atoms with E-state index in [1.807, 2.05) is 12.1 Å². The number of ketones is 1. The molecule has 1 aromatic rings. The number of ether oxygens (including phenoxy) is 2. The second-order valence-electron chi connectivity index (χ2n) is 4.56. The van der Waals surface area contributed by atoms with Gasteiger partial charge in [-0.2, -0.15) is 4.79 Å². The highest BCUT2D eigenvalue weighted by atomic mass is 16.5. The van der Waals surface area contributed by atoms with Crippen molar-refractivity contribution >= 4 is 12.0 Å². The molecule has 0 radical (unpaired) electrons. The number of Topliss-reactive ketones (excluding diaryl/α,β-unsaturated/α-hetero) is 1. The lowest BCUT2D eigenvalue weighted by Gasteiger charge is -2.23. The molecular formula is C14H16N2O3. The summed E-state index contributed by atoms with van der Waals surface area (Å²) in [6, 6.07) is 3.89. The Morgan fingerprint density at radius 3 is 2.53 bits per heavy atom. The number of aryl methyl sites for hydroxylation is 1. The van der Waals surface area contributed by atoms with Gasteiger partial charge >= 0.3 is 6.21 Å². The largest absolute Gasteiger partial charge is 0.493 e. The third-order valence-electron chi connectivity index (χ3n) is 3.52. The maximum absolute atomic E-state index is 11.7. The topological polar surface area (TPSA) is 71.9 Å². The molecule has 0 aliphatic heterocycles. The molecule has 2 rings (SSSR count). The van der Waals surface area contributed by atoms with Crippen LogP contribution in [-0.4, -0.2) is 31.0 Å². The van der Waals surface area contributed by atoms with Crippen LogP contribution in [0.15, 0.2) is 12.1 Å². The molecule has 0 spiro atoms. The first-order chi connectivity index (χ1) is 9.19. The molecule has 0 aromatic heterocycles. The zero-order valence-corrected chi connectivity index (χ0v) is 11.0. The van der Waals surface area contributed by atoms with Crippen molar-refractivity contribution in [2.45, 2.75) is 19.3 Å². The molecule has 0 saturated carbocycles. The van der Waals surface area contributed by atoms with Crippen molar-refractivity contribution in [2.24, 2.45) is 5.92 Å². The standard InChI is InChI=1S/C14H16N2O3/c1-18-13-6-9-3-4-10(12(17)8-16-15)5-11(9)7-14(13)19-2/h6-8,10H,3-5H2,1-2H3. The quantitative estimate of drug-likeness (QED) is 0.469. The summed E-state index contributed by atoms with van der Waals surface area (Å²) in [5, 5.41) is 0. The summed E-state index contributed by atoms with van der Waals surface area (Å²) in [5.74, 6) is 1.12. The molecule has 1 aliphatic carbocycles. The molecule has 0 saturated heterocycles. The van der Waals surface area contributed by atoms with Gasteiger partial charge in [-0.1, -0.05) is 0 Å². The van der Waals surface area contributed by atoms with E-state index in [0.29, 0.717) is 17.9 Å². The number of nitrogens with zero attached hydrogens (tertiary/aromatic N) is 2. The van der Waals surface area contributed by atoms with Gasteiger partial charge in [-0.25, -0.2) is 0 Å². The van der Waals surface area contributed by atoms with Crippen molar-refractivity contribution in [3.05, 3.63) is 28.8 Å². The Hall–Kier alpha value is -2.13. The number of carbonyl (C=O) groups is 1. The first-order valence-corrected chi connectivity index (χ1v) is 6.14. The van der Waals surface area contributed by atoms with Gasteiger partial charge in [0.05, 0.1) is 14.2 Å². The second-order valence-corrected chi connectivity index (χ2v) is 4.56. The minimum Gasteiger partial charge on any atom is -0.493 e. The van der Waals surface area contributed by atoms with Crippen molar-refractivity contribution in [3.63, 3.8) is 0 Å². The van der Waals surface area contributed by atoms with E-state index in [9.17, 15) is 4.79 Å². The average Bonchev–Trinajstić information content (AvgIpc) is 2.45. The van der Waals surface area contributed by atoms with E-state index in [1.54, 1.807) is 14.2 Å². The van der Waals surface area contributed by atoms with E-state index in [-0.39, 0.29) is 11.7 Å². The van der Waals surface area contributed by atoms with Crippen LogP contribution in [-0.2, 0) is 17.6 Å². The summed E-state index contributed by atoms with van der Waals surface area (Å²) in [4.78, 5) is 14.5. The number of fused-ring (bicyclic) bond motifs is 1. The van der Waals surface area contributed by atoms with Gasteiger partial charge in [0.25, 0.3) is 0 Å². The van der Waals surface area contributed by atoms with Crippen LogP contribution in [0.4, 0.5) is 0 Å². The molecule has 0 N–H and O–H groups in total. The van der Waals surface area contributed by atoms with Crippen molar-refractivity contribution in [3.8, 4) is 11.5 Å². The summed E-state index contributed by atoms with van der Waals surface area (Å²) in [5.41, 5.74) is 10.7. The Labute approximate surface area is 111 Å². The lowest BCUT2D eigenvalue weighted by atomic mass is 9.81. The van der Waals surface area contributed by atoms with Crippen molar-refractivity contribution in [1.29, 1.82) is 0 Å². The minimum absolute atomic E-state index is 0.124. The van der Waals surface area contributed by atoms with Crippen molar-refractivity contribution < 1.29 is 19.1 Å². The number of carbonyl (C=O) groups excluding carboxylic acids is 1. The van der Waals surface area contributed by atoms with Gasteiger partial charge in [0.1, 0.15) is 0 Å². The smallest absolute Gasteiger partial charge is 0.323 e. The van der Waals surface area contributed by atoms with Gasteiger partial charge < -0.3 is 15.0 Å². The summed E-state index contributed by atoms with van der Waals surface area (Å²) in [6.07, 6.45) is 3.19. The predicted molar refractivity (Wildman–Crippen MR) is 69.8 cm³/mol. The van der Waals surface area contributed by atoms with Crippen molar-refractivity contribution in [2.75, 3.05) is 14.2 Å². The number of methoxy groups -OCH3 is 2. The lowest BCUT2D eigenvalue weighted by Crippen LogP contribution is -2.23. The number of benzene rings is 1. The second kappa shape index (κ2) is 5.67. The third kappa shape index (κ3) is 2.66. The zero-order valence-electron chi connectivity index (χ0n) is 11.0. The normalized spacial score (nSPS) is 17.1. The molecule has 0 heterocycles. The van der Waals surface area contributed by atoms with Gasteiger partial charge in [0.2, 0.25) is 5.78 Å². The minimum atomic E-state index is -0.136. The molecular weight excluding hydrogens is 244 g/mol. The van der Waals surface area contributed by atoms with E-state index in [0.717, 1.165) is 24.6 Å². The Balaban J connectivity index is 2.30. The third-order valence-corrected chi connectivity index (χ3v) is 3.52. The van der Waals surface area contributed by atoms with E-state index < -0.39 is 0 Å². The molecule has 0 bridgehead atoms. The number of rotatable bonds is 4. The lowest BCUT2D eigenvalue weighted by molar-refractivity contribution is -0.119. The van der Waals surface area contributed by atoms with Crippen LogP contribution in [0.3, 0.4) is 0 Å². The highest BCUT2D eigenvalue weighted by Crippen LogP contribution is 2.35. The molecule has 0 fully saturated rings. The molecule has 1 atom stereocenters. The highest BCUT2D eigenvalue weighted by Gasteiger charge is 2.26. The van der Waals surface area contributed by atoms with Crippen LogP contribution in [0.1, 0.15) is 17.5 Å². The van der Waals surface area contributed by atoms with E-state index >= 15 is 0 Å². The fourth-order valence-electron chi connectivity index (χ4n) is 2.49. The van der Waals surface area contributed by atoms with Crippen LogP contribution < -0.4 is 9.47 Å². The molecule has 1 unspecified atom stereocenters. The van der Waals surface area contributed by atoms with Gasteiger partial charge in [0.15, 0.2) is 11.5 Å². The molecule has 5 nitrogen and oxygen atoms in total. The Kier molecular flexibility index (Phi) is 3.97. The summed E-state index contributed by atoms with van der Waals surface area (Å²) in [7, 11) is 3.20. The first-order valence-electron chi connectivity index (χ1n) is 6.14. The molecule has 1 aromatic carbocycles. The fraction of sp³-hybridized carbons (Fsp3) is 0.429. The van der Waals surface area contributed by atoms with Crippen LogP contribution in [0.5, 0.6) is 11.5 Å². The van der Waals surface area contributed by atoms with Gasteiger partial charge in [-0.15, -0.1) is 0 Å². The van der Waals surface area contributed by atoms with Gasteiger partial charge in [-0.05, 0) is 42.5 Å². The molecule has 5 heteroatoms. The van der Waals surface area contributed by atoms with Gasteiger partial charge in [-0.3, -0.25) is 4.79 Å². The summed E-state index contributed by atoms with van der Waals surface area (Å²) < 4.78 is 10.5. The fourth-order valence-corrected chi connectivity index (χ4v) is 2.49. The Morgan fingerprint density at radius 2 is 1.95 bits per heavy atom. The van der Waals surface area contributed by atoms with Crippen LogP contribution in [0, 0.1) is 5.92 Å². The molecule has 0 amide bonds. The maximum atomic E-state index is 11.7. The summed E-state index contributed by atoms with van der Waals surface area (Å²) >= 11 is 0. The first kappa shape index (κ1) is 13.3. The zero-order chi connectivity index (χ0) is 13.8. The van der Waals surface area contributed by atoms with Crippen LogP contribution in [0.25, 0.3) is 5.53 Å². The van der Waals surface area contributed by atoms with E-state index in [2.05, 4.69) is 4.79 Å². The highest BCUT2D eigenvalue weighted by molar-refractivity contribution is 6.26. The average molecular weight is 260 g/mol. The van der Waals surface area contributed by atoms with Crippen LogP contribution >= 0.6 is 0 Å². The predicted octanol–water partition coefficient (Wildman–Crippen LogP) is 1.68. The summed E-state index contributed by atoms with van der Waals surface area (Å²) in [6.45, 7) is 0. The van der Waals surface area contributed by atoms with Crippen molar-refractivity contribution in [1.82, 2.24) is 0 Å². The van der Waals surface area contributed by atoms with E-state index in [1.165, 1.54) is 5.56 Å². The SMILES string of the molecule is COc1cc2c(cc1OC)CC(C(=O)C=[N+]=[N-])CC2. The van der Waals surface area contributed by atoms with Crippen LogP contribution in [0.2, 0.25) is 0 Å². The Morgan fingerprint density at radius 1 is 1.32 bits per heavy atom. The molecule has 1 aliphatic rings. The van der Waals surface area contributed by atoms with E-state index in [4.69, 9.17) is 15.0 Å². The van der Waals surface area contributed by atoms with Gasteiger partial charge in [0, 0.05) is 5.92 Å². The Bertz CT molecular complexity index is 548. The molecule has 19 heavy (non-hydrogen) atoms. The monoisotopic (exact) mass is 260 g/mol. The maximum Gasteiger partial charge on any atom is 0.323 e.